The number of nitrogens with zero attached hydrogens (tertiary/aromatic N) is 1. The van der Waals surface area contributed by atoms with Crippen LogP contribution in [0.5, 0.6) is 0 Å². The molecular weight excluding hydrogens is 239 g/mol. The van der Waals surface area contributed by atoms with E-state index in [1.165, 1.54) is 7.05 Å². The van der Waals surface area contributed by atoms with Crippen molar-refractivity contribution in [2.75, 3.05) is 19.3 Å². The molecular formula is C9H15N2NaO3S+2. The van der Waals surface area contributed by atoms with Crippen molar-refractivity contribution in [2.24, 2.45) is 0 Å². The Hall–Kier alpha value is -0.110. The first-order chi connectivity index (χ1) is 6.81. The fraction of sp³-hybridized carbons (Fsp3) is 0.333. The van der Waals surface area contributed by atoms with Gasteiger partial charge in [-0.2, -0.15) is 3.89 Å². The first-order valence-electron chi connectivity index (χ1n) is 4.50. The SMILES string of the molecule is CC[N+](C)(c1ccc(N)cc1)S(=O)(=O)O.[Na+]. The van der Waals surface area contributed by atoms with Crippen molar-refractivity contribution in [3.8, 4) is 0 Å². The fourth-order valence-corrected chi connectivity index (χ4v) is 1.98. The van der Waals surface area contributed by atoms with Gasteiger partial charge in [0.05, 0.1) is 13.6 Å². The quantitative estimate of drug-likeness (QED) is 0.284. The Morgan fingerprint density at radius 3 is 2.06 bits per heavy atom. The Morgan fingerprint density at radius 1 is 1.31 bits per heavy atom. The number of nitrogens with two attached hydrogens (primary N) is 1. The summed E-state index contributed by atoms with van der Waals surface area (Å²) in [4.78, 5) is 0. The van der Waals surface area contributed by atoms with Crippen molar-refractivity contribution >= 4 is 21.7 Å². The third-order valence-corrected chi connectivity index (χ3v) is 4.04. The van der Waals surface area contributed by atoms with E-state index < -0.39 is 14.2 Å². The minimum absolute atomic E-state index is 0. The first-order valence-corrected chi connectivity index (χ1v) is 5.90. The van der Waals surface area contributed by atoms with E-state index in [1.807, 2.05) is 0 Å². The van der Waals surface area contributed by atoms with Gasteiger partial charge in [-0.3, -0.25) is 0 Å². The Balaban J connectivity index is 0.00000225. The number of benzene rings is 1. The number of nitrogen functional groups attached to an aromatic ring is 1. The molecule has 0 bridgehead atoms. The first kappa shape index (κ1) is 15.9. The van der Waals surface area contributed by atoms with Gasteiger partial charge in [0.25, 0.3) is 0 Å². The number of rotatable bonds is 3. The Bertz CT molecular complexity index is 446. The Kier molecular flexibility index (Phi) is 5.45. The standard InChI is InChI=1S/C9H14N2O3S.Na/c1-3-11(2,15(12,13)14)9-6-4-8(10)5-7-9;/h4-7H,3,10H2,1-2H3;/q;+1/p+1. The summed E-state index contributed by atoms with van der Waals surface area (Å²) in [6.45, 7) is 1.92. The number of anilines is 1. The van der Waals surface area contributed by atoms with Gasteiger partial charge in [0.15, 0.2) is 0 Å². The maximum absolute atomic E-state index is 11.3. The van der Waals surface area contributed by atoms with Crippen LogP contribution in [0, 0.1) is 0 Å². The fourth-order valence-electron chi connectivity index (χ4n) is 1.27. The van der Waals surface area contributed by atoms with Gasteiger partial charge in [0.2, 0.25) is 0 Å². The summed E-state index contributed by atoms with van der Waals surface area (Å²) in [5, 5.41) is 0. The maximum Gasteiger partial charge on any atom is 1.00 e. The summed E-state index contributed by atoms with van der Waals surface area (Å²) in [6, 6.07) is 6.39. The predicted molar refractivity (Wildman–Crippen MR) is 60.7 cm³/mol. The molecule has 0 aromatic heterocycles. The molecule has 1 unspecified atom stereocenters. The van der Waals surface area contributed by atoms with Crippen molar-refractivity contribution in [3.63, 3.8) is 0 Å². The van der Waals surface area contributed by atoms with E-state index in [1.54, 1.807) is 31.2 Å². The van der Waals surface area contributed by atoms with Gasteiger partial charge < -0.3 is 5.73 Å². The summed E-state index contributed by atoms with van der Waals surface area (Å²) >= 11 is 0. The molecule has 0 radical (unpaired) electrons. The van der Waals surface area contributed by atoms with Crippen molar-refractivity contribution in [1.82, 2.24) is 3.89 Å². The zero-order valence-corrected chi connectivity index (χ0v) is 12.5. The van der Waals surface area contributed by atoms with Crippen LogP contribution in [0.15, 0.2) is 24.3 Å². The molecule has 7 heteroatoms. The van der Waals surface area contributed by atoms with Gasteiger partial charge in [-0.25, -0.2) is 4.55 Å². The van der Waals surface area contributed by atoms with Gasteiger partial charge in [-0.05, 0) is 19.1 Å². The Morgan fingerprint density at radius 2 is 1.75 bits per heavy atom. The predicted octanol–water partition coefficient (Wildman–Crippen LogP) is -1.97. The van der Waals surface area contributed by atoms with Gasteiger partial charge in [-0.15, -0.1) is 8.42 Å². The van der Waals surface area contributed by atoms with Crippen LogP contribution in [0.4, 0.5) is 11.4 Å². The Labute approximate surface area is 118 Å². The van der Waals surface area contributed by atoms with Crippen LogP contribution in [-0.2, 0) is 10.3 Å². The molecule has 1 aromatic carbocycles. The summed E-state index contributed by atoms with van der Waals surface area (Å²) in [5.74, 6) is 0. The van der Waals surface area contributed by atoms with Gasteiger partial charge in [0, 0.05) is 17.8 Å². The average molecular weight is 254 g/mol. The van der Waals surface area contributed by atoms with Crippen LogP contribution in [0.1, 0.15) is 6.92 Å². The second kappa shape index (κ2) is 5.48. The van der Waals surface area contributed by atoms with Crippen molar-refractivity contribution in [2.45, 2.75) is 6.92 Å². The zero-order chi connectivity index (χ0) is 11.7. The molecule has 0 spiro atoms. The second-order valence-corrected chi connectivity index (χ2v) is 5.16. The summed E-state index contributed by atoms with van der Waals surface area (Å²) in [5.41, 5.74) is 6.53. The molecule has 1 aromatic rings. The molecule has 0 aliphatic carbocycles. The van der Waals surface area contributed by atoms with Crippen molar-refractivity contribution in [3.05, 3.63) is 24.3 Å². The number of hydrogen-bond donors (Lipinski definition) is 2. The molecule has 0 amide bonds. The van der Waals surface area contributed by atoms with E-state index in [9.17, 15) is 13.0 Å². The van der Waals surface area contributed by atoms with Crippen LogP contribution in [0.25, 0.3) is 0 Å². The molecule has 84 valence electrons. The molecule has 5 nitrogen and oxygen atoms in total. The third kappa shape index (κ3) is 2.97. The van der Waals surface area contributed by atoms with E-state index >= 15 is 0 Å². The normalized spacial score (nSPS) is 14.9. The van der Waals surface area contributed by atoms with Crippen LogP contribution in [-0.4, -0.2) is 26.6 Å². The monoisotopic (exact) mass is 254 g/mol. The van der Waals surface area contributed by atoms with Crippen LogP contribution in [0.2, 0.25) is 0 Å². The molecule has 0 heterocycles. The molecule has 1 rings (SSSR count). The van der Waals surface area contributed by atoms with Crippen molar-refractivity contribution in [1.29, 1.82) is 0 Å². The topological polar surface area (TPSA) is 80.4 Å². The molecule has 0 fully saturated rings. The molecule has 0 aliphatic rings. The molecule has 3 N–H and O–H groups in total. The van der Waals surface area contributed by atoms with Crippen LogP contribution >= 0.6 is 0 Å². The minimum atomic E-state index is -4.18. The van der Waals surface area contributed by atoms with Gasteiger partial charge >= 0.3 is 39.9 Å². The van der Waals surface area contributed by atoms with Crippen LogP contribution < -0.4 is 39.2 Å². The van der Waals surface area contributed by atoms with Gasteiger partial charge in [0.1, 0.15) is 5.69 Å². The molecule has 0 saturated carbocycles. The number of quaternary nitrogens is 1. The smallest absolute Gasteiger partial charge is 0.399 e. The third-order valence-electron chi connectivity index (χ3n) is 2.55. The van der Waals surface area contributed by atoms with E-state index in [0.717, 1.165) is 0 Å². The summed E-state index contributed by atoms with van der Waals surface area (Å²) in [6.07, 6.45) is 0. The van der Waals surface area contributed by atoms with E-state index in [0.29, 0.717) is 11.4 Å². The second-order valence-electron chi connectivity index (χ2n) is 3.46. The average Bonchev–Trinajstić information content (AvgIpc) is 2.16. The summed E-state index contributed by atoms with van der Waals surface area (Å²) in [7, 11) is -2.75. The minimum Gasteiger partial charge on any atom is -0.399 e. The van der Waals surface area contributed by atoms with Crippen LogP contribution in [0.3, 0.4) is 0 Å². The molecule has 16 heavy (non-hydrogen) atoms. The van der Waals surface area contributed by atoms with Gasteiger partial charge in [-0.1, -0.05) is 0 Å². The zero-order valence-electron chi connectivity index (χ0n) is 9.71. The van der Waals surface area contributed by atoms with E-state index in [4.69, 9.17) is 5.73 Å². The largest absolute Gasteiger partial charge is 1.00 e. The van der Waals surface area contributed by atoms with E-state index in [-0.39, 0.29) is 36.1 Å². The number of hydrogen-bond acceptors (Lipinski definition) is 3. The molecule has 0 saturated heterocycles. The maximum atomic E-state index is 11.3. The summed E-state index contributed by atoms with van der Waals surface area (Å²) < 4.78 is 31.2. The van der Waals surface area contributed by atoms with E-state index in [2.05, 4.69) is 0 Å². The molecule has 1 atom stereocenters. The van der Waals surface area contributed by atoms with Crippen molar-refractivity contribution < 1.29 is 42.5 Å². The molecule has 0 aliphatic heterocycles.